The average molecular weight is 492 g/mol. The Morgan fingerprint density at radius 2 is 1.83 bits per heavy atom. The maximum Gasteiger partial charge on any atom is 0.338 e. The third kappa shape index (κ3) is 5.41. The lowest BCUT2D eigenvalue weighted by Gasteiger charge is -2.21. The molecular formula is C26H25N3O5S. The molecule has 1 fully saturated rings. The number of aryl methyl sites for hydroxylation is 1. The Hall–Kier alpha value is -3.98. The summed E-state index contributed by atoms with van der Waals surface area (Å²) >= 11 is 1.48. The number of thiophene rings is 1. The number of urea groups is 1. The average Bonchev–Trinajstić information content (AvgIpc) is 3.43. The van der Waals surface area contributed by atoms with Gasteiger partial charge in [-0.1, -0.05) is 29.8 Å². The van der Waals surface area contributed by atoms with Gasteiger partial charge in [-0.25, -0.2) is 14.5 Å². The molecule has 0 unspecified atom stereocenters. The number of hydrogen-bond acceptors (Lipinski definition) is 6. The molecule has 0 saturated carbocycles. The fraction of sp³-hybridized carbons (Fsp3) is 0.231. The van der Waals surface area contributed by atoms with E-state index >= 15 is 0 Å². The number of imide groups is 1. The number of rotatable bonds is 8. The molecular weight excluding hydrogens is 466 g/mol. The van der Waals surface area contributed by atoms with E-state index in [0.29, 0.717) is 16.9 Å². The van der Waals surface area contributed by atoms with Crippen LogP contribution in [0.5, 0.6) is 0 Å². The van der Waals surface area contributed by atoms with Crippen molar-refractivity contribution in [3.05, 3.63) is 82.0 Å². The molecule has 0 aliphatic carbocycles. The van der Waals surface area contributed by atoms with Crippen molar-refractivity contribution in [1.29, 1.82) is 0 Å². The third-order valence-corrected chi connectivity index (χ3v) is 6.41. The van der Waals surface area contributed by atoms with Gasteiger partial charge >= 0.3 is 12.0 Å². The van der Waals surface area contributed by atoms with Gasteiger partial charge in [-0.2, -0.15) is 0 Å². The van der Waals surface area contributed by atoms with Crippen LogP contribution < -0.4 is 10.2 Å². The van der Waals surface area contributed by atoms with E-state index in [0.717, 1.165) is 15.3 Å². The number of amides is 4. The molecule has 1 aliphatic heterocycles. The molecule has 2 aromatic carbocycles. The minimum Gasteiger partial charge on any atom is -0.462 e. The molecule has 1 saturated heterocycles. The van der Waals surface area contributed by atoms with Gasteiger partial charge in [0.15, 0.2) is 0 Å². The number of carbonyl (C=O) groups is 4. The molecule has 4 rings (SSSR count). The van der Waals surface area contributed by atoms with Gasteiger partial charge in [0, 0.05) is 10.6 Å². The summed E-state index contributed by atoms with van der Waals surface area (Å²) in [5, 5.41) is 4.63. The first-order chi connectivity index (χ1) is 16.9. The van der Waals surface area contributed by atoms with Gasteiger partial charge in [-0.3, -0.25) is 9.59 Å². The van der Waals surface area contributed by atoms with Gasteiger partial charge in [0.1, 0.15) is 6.04 Å². The van der Waals surface area contributed by atoms with Gasteiger partial charge in [0.05, 0.1) is 30.8 Å². The Morgan fingerprint density at radius 1 is 1.06 bits per heavy atom. The molecule has 2 heterocycles. The molecule has 1 aromatic heterocycles. The molecule has 4 amide bonds. The summed E-state index contributed by atoms with van der Waals surface area (Å²) in [5.41, 5.74) is 2.18. The summed E-state index contributed by atoms with van der Waals surface area (Å²) in [6, 6.07) is 15.8. The second kappa shape index (κ2) is 10.5. The van der Waals surface area contributed by atoms with E-state index in [4.69, 9.17) is 4.74 Å². The Balaban J connectivity index is 1.54. The first-order valence-electron chi connectivity index (χ1n) is 11.2. The van der Waals surface area contributed by atoms with E-state index in [1.54, 1.807) is 37.3 Å². The van der Waals surface area contributed by atoms with Crippen LogP contribution in [0.2, 0.25) is 0 Å². The van der Waals surface area contributed by atoms with Crippen LogP contribution in [-0.2, 0) is 20.9 Å². The molecule has 0 bridgehead atoms. The smallest absolute Gasteiger partial charge is 0.338 e. The molecule has 1 N–H and O–H groups in total. The lowest BCUT2D eigenvalue weighted by atomic mass is 10.1. The van der Waals surface area contributed by atoms with Gasteiger partial charge in [-0.05, 0) is 55.6 Å². The molecule has 35 heavy (non-hydrogen) atoms. The SMILES string of the molecule is CCOC(=O)c1cccc(NC(=O)C[C@H]2C(=O)N(c3ccc(C)cc3)C(=O)N2Cc2cccs2)c1. The second-order valence-corrected chi connectivity index (χ2v) is 9.10. The van der Waals surface area contributed by atoms with E-state index in [9.17, 15) is 19.2 Å². The predicted octanol–water partition coefficient (Wildman–Crippen LogP) is 4.60. The number of ether oxygens (including phenoxy) is 1. The van der Waals surface area contributed by atoms with Crippen molar-refractivity contribution in [1.82, 2.24) is 4.90 Å². The number of nitrogens with one attached hydrogen (secondary N) is 1. The fourth-order valence-corrected chi connectivity index (χ4v) is 4.54. The monoisotopic (exact) mass is 491 g/mol. The standard InChI is InChI=1S/C26H25N3O5S/c1-3-34-25(32)18-6-4-7-19(14-18)27-23(30)15-22-24(31)29(20-11-9-17(2)10-12-20)26(33)28(22)16-21-8-5-13-35-21/h4-14,22H,3,15-16H2,1-2H3,(H,27,30)/t22-/m0/s1. The summed E-state index contributed by atoms with van der Waals surface area (Å²) in [5.74, 6) is -1.39. The highest BCUT2D eigenvalue weighted by Crippen LogP contribution is 2.29. The molecule has 3 aromatic rings. The summed E-state index contributed by atoms with van der Waals surface area (Å²) in [6.45, 7) is 4.10. The van der Waals surface area contributed by atoms with Crippen molar-refractivity contribution >= 4 is 46.5 Å². The number of esters is 1. The lowest BCUT2D eigenvalue weighted by Crippen LogP contribution is -2.37. The van der Waals surface area contributed by atoms with Crippen molar-refractivity contribution in [3.63, 3.8) is 0 Å². The van der Waals surface area contributed by atoms with Crippen LogP contribution in [0.15, 0.2) is 66.0 Å². The van der Waals surface area contributed by atoms with Crippen LogP contribution in [-0.4, -0.2) is 41.4 Å². The molecule has 0 spiro atoms. The Bertz CT molecular complexity index is 1240. The summed E-state index contributed by atoms with van der Waals surface area (Å²) < 4.78 is 5.00. The topological polar surface area (TPSA) is 96.0 Å². The Kier molecular flexibility index (Phi) is 7.26. The Labute approximate surface area is 207 Å². The fourth-order valence-electron chi connectivity index (χ4n) is 3.84. The summed E-state index contributed by atoms with van der Waals surface area (Å²) in [7, 11) is 0. The molecule has 180 valence electrons. The zero-order chi connectivity index (χ0) is 24.9. The van der Waals surface area contributed by atoms with E-state index in [-0.39, 0.29) is 19.6 Å². The van der Waals surface area contributed by atoms with E-state index in [1.807, 2.05) is 36.6 Å². The van der Waals surface area contributed by atoms with Crippen LogP contribution >= 0.6 is 11.3 Å². The van der Waals surface area contributed by atoms with Crippen LogP contribution in [0.3, 0.4) is 0 Å². The third-order valence-electron chi connectivity index (χ3n) is 5.55. The van der Waals surface area contributed by atoms with Gasteiger partial charge in [0.25, 0.3) is 5.91 Å². The van der Waals surface area contributed by atoms with Crippen molar-refractivity contribution in [2.24, 2.45) is 0 Å². The molecule has 0 radical (unpaired) electrons. The minimum atomic E-state index is -0.959. The van der Waals surface area contributed by atoms with Gasteiger partial charge in [-0.15, -0.1) is 11.3 Å². The molecule has 9 heteroatoms. The molecule has 1 atom stereocenters. The summed E-state index contributed by atoms with van der Waals surface area (Å²) in [6.07, 6.45) is -0.220. The van der Waals surface area contributed by atoms with Crippen molar-refractivity contribution in [2.45, 2.75) is 32.9 Å². The Morgan fingerprint density at radius 3 is 2.51 bits per heavy atom. The number of nitrogens with zero attached hydrogens (tertiary/aromatic N) is 2. The first kappa shape index (κ1) is 24.2. The number of benzene rings is 2. The van der Waals surface area contributed by atoms with Crippen LogP contribution in [0.4, 0.5) is 16.2 Å². The normalized spacial score (nSPS) is 15.4. The summed E-state index contributed by atoms with van der Waals surface area (Å²) in [4.78, 5) is 55.1. The van der Waals surface area contributed by atoms with Crippen molar-refractivity contribution in [2.75, 3.05) is 16.8 Å². The number of hydrogen-bond donors (Lipinski definition) is 1. The highest BCUT2D eigenvalue weighted by Gasteiger charge is 2.46. The lowest BCUT2D eigenvalue weighted by molar-refractivity contribution is -0.124. The van der Waals surface area contributed by atoms with E-state index in [2.05, 4.69) is 5.32 Å². The second-order valence-electron chi connectivity index (χ2n) is 8.07. The van der Waals surface area contributed by atoms with Crippen molar-refractivity contribution < 1.29 is 23.9 Å². The quantitative estimate of drug-likeness (QED) is 0.367. The zero-order valence-corrected chi connectivity index (χ0v) is 20.2. The number of anilines is 2. The molecule has 8 nitrogen and oxygen atoms in total. The van der Waals surface area contributed by atoms with Crippen LogP contribution in [0.1, 0.15) is 34.1 Å². The zero-order valence-electron chi connectivity index (χ0n) is 19.4. The largest absolute Gasteiger partial charge is 0.462 e. The highest BCUT2D eigenvalue weighted by atomic mass is 32.1. The highest BCUT2D eigenvalue weighted by molar-refractivity contribution is 7.09. The van der Waals surface area contributed by atoms with Gasteiger partial charge in [0.2, 0.25) is 5.91 Å². The minimum absolute atomic E-state index is 0.220. The number of carbonyl (C=O) groups excluding carboxylic acids is 4. The maximum absolute atomic E-state index is 13.4. The van der Waals surface area contributed by atoms with E-state index < -0.39 is 29.9 Å². The van der Waals surface area contributed by atoms with E-state index in [1.165, 1.54) is 22.3 Å². The van der Waals surface area contributed by atoms with Crippen LogP contribution in [0, 0.1) is 6.92 Å². The van der Waals surface area contributed by atoms with Crippen LogP contribution in [0.25, 0.3) is 0 Å². The maximum atomic E-state index is 13.4. The molecule has 1 aliphatic rings. The van der Waals surface area contributed by atoms with Crippen molar-refractivity contribution in [3.8, 4) is 0 Å². The van der Waals surface area contributed by atoms with Gasteiger partial charge < -0.3 is 15.0 Å². The first-order valence-corrected chi connectivity index (χ1v) is 12.1. The predicted molar refractivity (Wildman–Crippen MR) is 133 cm³/mol.